The fourth-order valence-electron chi connectivity index (χ4n) is 0.873. The van der Waals surface area contributed by atoms with Gasteiger partial charge in [-0.2, -0.15) is 0 Å². The molecule has 0 aromatic heterocycles. The summed E-state index contributed by atoms with van der Waals surface area (Å²) in [5, 5.41) is 8.99. The van der Waals surface area contributed by atoms with Crippen molar-refractivity contribution < 1.29 is 14.7 Å². The lowest BCUT2D eigenvalue weighted by molar-refractivity contribution is -0.107. The number of hydrogen-bond acceptors (Lipinski definition) is 3. The van der Waals surface area contributed by atoms with Crippen LogP contribution in [0.15, 0.2) is 24.3 Å². The number of benzene rings is 1. The number of carbonyl (C=O) groups is 2. The van der Waals surface area contributed by atoms with Gasteiger partial charge in [-0.05, 0) is 12.1 Å². The highest BCUT2D eigenvalue weighted by Crippen LogP contribution is 2.11. The highest BCUT2D eigenvalue weighted by atomic mass is 16.3. The average molecular weight is 164 g/mol. The number of carbonyl (C=O) groups excluding carboxylic acids is 2. The molecule has 0 saturated carbocycles. The molecule has 3 nitrogen and oxygen atoms in total. The number of phenolic OH excluding ortho intramolecular Hbond substituents is 1. The van der Waals surface area contributed by atoms with Gasteiger partial charge in [-0.15, -0.1) is 0 Å². The molecule has 1 rings (SSSR count). The molecule has 0 bridgehead atoms. The van der Waals surface area contributed by atoms with Crippen molar-refractivity contribution in [2.75, 3.05) is 0 Å². The Labute approximate surface area is 69.6 Å². The van der Waals surface area contributed by atoms with E-state index in [2.05, 4.69) is 0 Å². The summed E-state index contributed by atoms with van der Waals surface area (Å²) in [6.07, 6.45) is 0.413. The van der Waals surface area contributed by atoms with Crippen molar-refractivity contribution >= 4 is 12.1 Å². The van der Waals surface area contributed by atoms with Crippen molar-refractivity contribution in [3.8, 4) is 5.75 Å². The molecule has 0 atom stereocenters. The van der Waals surface area contributed by atoms with Crippen LogP contribution in [-0.2, 0) is 4.79 Å². The monoisotopic (exact) mass is 164 g/mol. The Bertz CT molecular complexity index is 304. The lowest BCUT2D eigenvalue weighted by Gasteiger charge is -1.96. The summed E-state index contributed by atoms with van der Waals surface area (Å²) in [6.45, 7) is 0. The molecule has 0 amide bonds. The Hall–Kier alpha value is -1.64. The van der Waals surface area contributed by atoms with Crippen molar-refractivity contribution in [2.24, 2.45) is 0 Å². The summed E-state index contributed by atoms with van der Waals surface area (Å²) in [6, 6.07) is 5.93. The molecule has 1 N–H and O–H groups in total. The predicted molar refractivity (Wildman–Crippen MR) is 43.1 cm³/mol. The number of aromatic hydroxyl groups is 1. The number of rotatable bonds is 3. The van der Waals surface area contributed by atoms with E-state index in [1.807, 2.05) is 0 Å². The highest BCUT2D eigenvalue weighted by molar-refractivity contribution is 6.02. The number of phenols is 1. The van der Waals surface area contributed by atoms with Gasteiger partial charge in [0.2, 0.25) is 0 Å². The molecule has 0 aliphatic carbocycles. The molecule has 1 aromatic rings. The third kappa shape index (κ3) is 1.92. The first-order valence-electron chi connectivity index (χ1n) is 3.50. The van der Waals surface area contributed by atoms with Crippen LogP contribution in [0.3, 0.4) is 0 Å². The SMILES string of the molecule is O=CCC(=O)c1cccc(O)c1. The Morgan fingerprint density at radius 3 is 2.83 bits per heavy atom. The van der Waals surface area contributed by atoms with E-state index >= 15 is 0 Å². The fraction of sp³-hybridized carbons (Fsp3) is 0.111. The standard InChI is InChI=1S/C9H8O3/c10-5-4-9(12)7-2-1-3-8(11)6-7/h1-3,5-6,11H,4H2. The molecule has 0 heterocycles. The summed E-state index contributed by atoms with van der Waals surface area (Å²) in [4.78, 5) is 21.0. The zero-order valence-electron chi connectivity index (χ0n) is 6.36. The highest BCUT2D eigenvalue weighted by Gasteiger charge is 2.04. The minimum atomic E-state index is -0.277. The Balaban J connectivity index is 2.87. The smallest absolute Gasteiger partial charge is 0.170 e. The molecule has 0 fully saturated rings. The molecular weight excluding hydrogens is 156 g/mol. The first-order valence-corrected chi connectivity index (χ1v) is 3.50. The Morgan fingerprint density at radius 2 is 2.25 bits per heavy atom. The van der Waals surface area contributed by atoms with E-state index in [4.69, 9.17) is 5.11 Å². The number of aldehydes is 1. The Morgan fingerprint density at radius 1 is 1.50 bits per heavy atom. The van der Waals surface area contributed by atoms with Crippen LogP contribution in [0.4, 0.5) is 0 Å². The van der Waals surface area contributed by atoms with Gasteiger partial charge in [0.05, 0.1) is 6.42 Å². The minimum absolute atomic E-state index is 0.0340. The van der Waals surface area contributed by atoms with Gasteiger partial charge in [0, 0.05) is 5.56 Å². The summed E-state index contributed by atoms with van der Waals surface area (Å²) in [7, 11) is 0. The molecule has 12 heavy (non-hydrogen) atoms. The molecule has 0 unspecified atom stereocenters. The van der Waals surface area contributed by atoms with E-state index in [1.54, 1.807) is 12.1 Å². The first kappa shape index (κ1) is 8.46. The number of hydrogen-bond donors (Lipinski definition) is 1. The van der Waals surface area contributed by atoms with Gasteiger partial charge in [0.15, 0.2) is 5.78 Å². The zero-order chi connectivity index (χ0) is 8.97. The lowest BCUT2D eigenvalue weighted by atomic mass is 10.1. The maximum atomic E-state index is 11.1. The molecule has 3 heteroatoms. The fourth-order valence-corrected chi connectivity index (χ4v) is 0.873. The van der Waals surface area contributed by atoms with E-state index < -0.39 is 0 Å². The molecule has 0 radical (unpaired) electrons. The van der Waals surface area contributed by atoms with Crippen molar-refractivity contribution in [3.63, 3.8) is 0 Å². The van der Waals surface area contributed by atoms with E-state index in [0.29, 0.717) is 11.8 Å². The molecule has 0 aliphatic rings. The van der Waals surface area contributed by atoms with E-state index in [-0.39, 0.29) is 18.0 Å². The number of Topliss-reactive ketones (excluding diaryl/α,β-unsaturated/α-hetero) is 1. The van der Waals surface area contributed by atoms with Crippen LogP contribution in [0.2, 0.25) is 0 Å². The average Bonchev–Trinajstić information content (AvgIpc) is 2.05. The largest absolute Gasteiger partial charge is 0.508 e. The van der Waals surface area contributed by atoms with Crippen LogP contribution in [0.1, 0.15) is 16.8 Å². The maximum Gasteiger partial charge on any atom is 0.170 e. The van der Waals surface area contributed by atoms with Gasteiger partial charge in [-0.3, -0.25) is 4.79 Å². The van der Waals surface area contributed by atoms with Gasteiger partial charge in [-0.1, -0.05) is 12.1 Å². The lowest BCUT2D eigenvalue weighted by Crippen LogP contribution is -1.98. The third-order valence-electron chi connectivity index (χ3n) is 1.44. The molecule has 0 aliphatic heterocycles. The first-order chi connectivity index (χ1) is 5.74. The van der Waals surface area contributed by atoms with E-state index in [0.717, 1.165) is 0 Å². The molecule has 0 spiro atoms. The summed E-state index contributed by atoms with van der Waals surface area (Å²) >= 11 is 0. The third-order valence-corrected chi connectivity index (χ3v) is 1.44. The van der Waals surface area contributed by atoms with E-state index in [1.165, 1.54) is 12.1 Å². The van der Waals surface area contributed by atoms with Gasteiger partial charge < -0.3 is 9.90 Å². The zero-order valence-corrected chi connectivity index (χ0v) is 6.36. The van der Waals surface area contributed by atoms with Crippen molar-refractivity contribution in [1.82, 2.24) is 0 Å². The summed E-state index contributed by atoms with van der Waals surface area (Å²) in [5.41, 5.74) is 0.363. The van der Waals surface area contributed by atoms with Crippen molar-refractivity contribution in [3.05, 3.63) is 29.8 Å². The van der Waals surface area contributed by atoms with E-state index in [9.17, 15) is 9.59 Å². The summed E-state index contributed by atoms with van der Waals surface area (Å²) < 4.78 is 0. The van der Waals surface area contributed by atoms with Crippen molar-refractivity contribution in [2.45, 2.75) is 6.42 Å². The number of ketones is 1. The quantitative estimate of drug-likeness (QED) is 0.414. The molecule has 1 aromatic carbocycles. The van der Waals surface area contributed by atoms with Gasteiger partial charge >= 0.3 is 0 Å². The molecule has 62 valence electrons. The van der Waals surface area contributed by atoms with Crippen LogP contribution in [-0.4, -0.2) is 17.2 Å². The van der Waals surface area contributed by atoms with Gasteiger partial charge in [0.25, 0.3) is 0 Å². The van der Waals surface area contributed by atoms with Crippen LogP contribution in [0, 0.1) is 0 Å². The van der Waals surface area contributed by atoms with Crippen LogP contribution in [0.25, 0.3) is 0 Å². The molecule has 0 saturated heterocycles. The maximum absolute atomic E-state index is 11.1. The second-order valence-corrected chi connectivity index (χ2v) is 2.34. The van der Waals surface area contributed by atoms with Crippen LogP contribution in [0.5, 0.6) is 5.75 Å². The second-order valence-electron chi connectivity index (χ2n) is 2.34. The predicted octanol–water partition coefficient (Wildman–Crippen LogP) is 1.16. The minimum Gasteiger partial charge on any atom is -0.508 e. The van der Waals surface area contributed by atoms with Crippen LogP contribution >= 0.6 is 0 Å². The van der Waals surface area contributed by atoms with Crippen LogP contribution < -0.4 is 0 Å². The molecular formula is C9H8O3. The van der Waals surface area contributed by atoms with Crippen molar-refractivity contribution in [1.29, 1.82) is 0 Å². The normalized spacial score (nSPS) is 9.33. The summed E-state index contributed by atoms with van der Waals surface area (Å²) in [5.74, 6) is -0.243. The Kier molecular flexibility index (Phi) is 2.58. The second kappa shape index (κ2) is 3.67. The topological polar surface area (TPSA) is 54.4 Å². The van der Waals surface area contributed by atoms with Gasteiger partial charge in [0.1, 0.15) is 12.0 Å². The van der Waals surface area contributed by atoms with Gasteiger partial charge in [-0.25, -0.2) is 0 Å².